The summed E-state index contributed by atoms with van der Waals surface area (Å²) in [6.45, 7) is 1.86. The number of benzene rings is 2. The van der Waals surface area contributed by atoms with Crippen LogP contribution in [0.25, 0.3) is 11.0 Å². The van der Waals surface area contributed by atoms with E-state index in [1.54, 1.807) is 36.7 Å². The van der Waals surface area contributed by atoms with Crippen LogP contribution in [-0.2, 0) is 0 Å². The van der Waals surface area contributed by atoms with Gasteiger partial charge in [0.1, 0.15) is 5.65 Å². The van der Waals surface area contributed by atoms with E-state index in [-0.39, 0.29) is 11.8 Å². The van der Waals surface area contributed by atoms with Crippen molar-refractivity contribution in [2.75, 3.05) is 5.73 Å². The Labute approximate surface area is 193 Å². The number of carbonyl (C=O) groups excluding carboxylic acids is 2. The van der Waals surface area contributed by atoms with Crippen LogP contribution in [0.4, 0.5) is 5.69 Å². The molecule has 8 heteroatoms. The van der Waals surface area contributed by atoms with Gasteiger partial charge in [0.25, 0.3) is 11.8 Å². The molecule has 0 saturated heterocycles. The number of amides is 2. The lowest BCUT2D eigenvalue weighted by molar-refractivity contribution is 0.0888. The number of halogens is 1. The molecular weight excluding hydrogens is 470 g/mol. The number of aromatic nitrogens is 2. The number of nitrogens with two attached hydrogens (primary N) is 1. The van der Waals surface area contributed by atoms with Crippen molar-refractivity contribution >= 4 is 44.5 Å². The molecular formula is C24H22BrN5O2. The molecule has 2 amide bonds. The highest BCUT2D eigenvalue weighted by Crippen LogP contribution is 2.23. The third-order valence-electron chi connectivity index (χ3n) is 5.27. The molecule has 2 aromatic heterocycles. The molecule has 0 saturated carbocycles. The maximum Gasteiger partial charge on any atom is 0.253 e. The van der Waals surface area contributed by atoms with E-state index >= 15 is 0 Å². The Bertz CT molecular complexity index is 1270. The number of rotatable bonds is 6. The van der Waals surface area contributed by atoms with Crippen molar-refractivity contribution in [3.63, 3.8) is 0 Å². The van der Waals surface area contributed by atoms with Gasteiger partial charge in [-0.15, -0.1) is 0 Å². The lowest BCUT2D eigenvalue weighted by Gasteiger charge is -2.27. The summed E-state index contributed by atoms with van der Waals surface area (Å²) in [6, 6.07) is 17.2. The number of hydrogen-bond acceptors (Lipinski definition) is 4. The predicted octanol–water partition coefficient (Wildman–Crippen LogP) is 4.20. The van der Waals surface area contributed by atoms with Crippen LogP contribution in [0.1, 0.15) is 39.2 Å². The van der Waals surface area contributed by atoms with Crippen LogP contribution in [-0.4, -0.2) is 27.8 Å². The maximum absolute atomic E-state index is 13.1. The van der Waals surface area contributed by atoms with E-state index in [1.807, 2.05) is 43.3 Å². The summed E-state index contributed by atoms with van der Waals surface area (Å²) in [6.07, 6.45) is 3.33. The molecule has 32 heavy (non-hydrogen) atoms. The van der Waals surface area contributed by atoms with E-state index < -0.39 is 12.1 Å². The van der Waals surface area contributed by atoms with E-state index in [2.05, 4.69) is 36.5 Å². The van der Waals surface area contributed by atoms with Gasteiger partial charge in [0.2, 0.25) is 0 Å². The van der Waals surface area contributed by atoms with Crippen LogP contribution < -0.4 is 16.4 Å². The first-order valence-corrected chi connectivity index (χ1v) is 10.9. The molecule has 7 nitrogen and oxygen atoms in total. The van der Waals surface area contributed by atoms with Gasteiger partial charge in [-0.25, -0.2) is 4.98 Å². The zero-order chi connectivity index (χ0) is 22.7. The number of nitrogen functional groups attached to an aromatic ring is 1. The number of fused-ring (bicyclic) bond motifs is 1. The van der Waals surface area contributed by atoms with E-state index in [9.17, 15) is 9.59 Å². The molecule has 5 N–H and O–H groups in total. The van der Waals surface area contributed by atoms with Crippen LogP contribution in [0.2, 0.25) is 0 Å². The molecule has 4 aromatic rings. The number of hydrogen-bond donors (Lipinski definition) is 4. The third-order valence-corrected chi connectivity index (χ3v) is 5.76. The lowest BCUT2D eigenvalue weighted by atomic mass is 9.99. The molecule has 4 rings (SSSR count). The first-order chi connectivity index (χ1) is 15.4. The minimum atomic E-state index is -0.477. The summed E-state index contributed by atoms with van der Waals surface area (Å²) in [5.41, 5.74) is 8.78. The average molecular weight is 492 g/mol. The summed E-state index contributed by atoms with van der Waals surface area (Å²) >= 11 is 3.38. The standard InChI is InChI=1S/C24H22BrN5O2/c1-14(29-23(31)18-10-12-28-22-17(18)9-11-27-22)21(15-5-3-2-4-6-15)30-24(32)19-13-16(25)7-8-20(19)26/h2-14,21H,26H2,1H3,(H,27,28)(H,29,31)(H,30,32). The Balaban J connectivity index is 1.60. The monoisotopic (exact) mass is 491 g/mol. The van der Waals surface area contributed by atoms with E-state index in [4.69, 9.17) is 5.73 Å². The number of nitrogens with one attached hydrogen (secondary N) is 3. The van der Waals surface area contributed by atoms with Gasteiger partial charge in [0.15, 0.2) is 0 Å². The largest absolute Gasteiger partial charge is 0.398 e. The summed E-state index contributed by atoms with van der Waals surface area (Å²) < 4.78 is 0.752. The first-order valence-electron chi connectivity index (χ1n) is 10.1. The van der Waals surface area contributed by atoms with Crippen molar-refractivity contribution in [2.24, 2.45) is 0 Å². The van der Waals surface area contributed by atoms with Crippen LogP contribution in [0.15, 0.2) is 77.5 Å². The van der Waals surface area contributed by atoms with Gasteiger partial charge < -0.3 is 21.4 Å². The van der Waals surface area contributed by atoms with Gasteiger partial charge in [0.05, 0.1) is 23.2 Å². The summed E-state index contributed by atoms with van der Waals surface area (Å²) in [5.74, 6) is -0.572. The Morgan fingerprint density at radius 3 is 2.53 bits per heavy atom. The van der Waals surface area contributed by atoms with Crippen molar-refractivity contribution in [2.45, 2.75) is 19.0 Å². The molecule has 162 valence electrons. The second-order valence-corrected chi connectivity index (χ2v) is 8.37. The number of aromatic amines is 1. The van der Waals surface area contributed by atoms with Gasteiger partial charge in [-0.3, -0.25) is 9.59 Å². The van der Waals surface area contributed by atoms with Crippen molar-refractivity contribution in [1.29, 1.82) is 0 Å². The van der Waals surface area contributed by atoms with Crippen LogP contribution >= 0.6 is 15.9 Å². The van der Waals surface area contributed by atoms with Crippen LogP contribution in [0, 0.1) is 0 Å². The minimum Gasteiger partial charge on any atom is -0.398 e. The van der Waals surface area contributed by atoms with Crippen molar-refractivity contribution in [3.05, 3.63) is 94.2 Å². The zero-order valence-electron chi connectivity index (χ0n) is 17.3. The second kappa shape index (κ2) is 9.23. The van der Waals surface area contributed by atoms with Gasteiger partial charge in [-0.05, 0) is 42.8 Å². The minimum absolute atomic E-state index is 0.248. The third kappa shape index (κ3) is 4.50. The van der Waals surface area contributed by atoms with E-state index in [0.717, 1.165) is 15.4 Å². The smallest absolute Gasteiger partial charge is 0.253 e. The molecule has 0 aliphatic heterocycles. The van der Waals surface area contributed by atoms with Crippen molar-refractivity contribution < 1.29 is 9.59 Å². The second-order valence-electron chi connectivity index (χ2n) is 7.45. The molecule has 2 unspecified atom stereocenters. The SMILES string of the molecule is CC(NC(=O)c1ccnc2[nH]ccc12)C(NC(=O)c1cc(Br)ccc1N)c1ccccc1. The average Bonchev–Trinajstić information content (AvgIpc) is 3.28. The molecule has 0 aliphatic rings. The molecule has 0 spiro atoms. The normalized spacial score (nSPS) is 12.8. The highest BCUT2D eigenvalue weighted by molar-refractivity contribution is 9.10. The Kier molecular flexibility index (Phi) is 6.23. The zero-order valence-corrected chi connectivity index (χ0v) is 18.9. The van der Waals surface area contributed by atoms with Crippen LogP contribution in [0.5, 0.6) is 0 Å². The summed E-state index contributed by atoms with van der Waals surface area (Å²) in [7, 11) is 0. The number of pyridine rings is 1. The predicted molar refractivity (Wildman–Crippen MR) is 128 cm³/mol. The fourth-order valence-electron chi connectivity index (χ4n) is 3.63. The summed E-state index contributed by atoms with van der Waals surface area (Å²) in [5, 5.41) is 6.79. The molecule has 2 atom stereocenters. The number of nitrogens with zero attached hydrogens (tertiary/aromatic N) is 1. The maximum atomic E-state index is 13.1. The fraction of sp³-hybridized carbons (Fsp3) is 0.125. The van der Waals surface area contributed by atoms with Gasteiger partial charge in [-0.1, -0.05) is 46.3 Å². The molecule has 2 aromatic carbocycles. The topological polar surface area (TPSA) is 113 Å². The molecule has 2 heterocycles. The molecule has 0 radical (unpaired) electrons. The van der Waals surface area contributed by atoms with E-state index in [0.29, 0.717) is 22.5 Å². The lowest BCUT2D eigenvalue weighted by Crippen LogP contribution is -2.44. The van der Waals surface area contributed by atoms with Crippen molar-refractivity contribution in [1.82, 2.24) is 20.6 Å². The quantitative estimate of drug-likeness (QED) is 0.302. The first kappa shape index (κ1) is 21.6. The van der Waals surface area contributed by atoms with Crippen LogP contribution in [0.3, 0.4) is 0 Å². The Morgan fingerprint density at radius 2 is 1.75 bits per heavy atom. The molecule has 0 bridgehead atoms. The number of anilines is 1. The summed E-state index contributed by atoms with van der Waals surface area (Å²) in [4.78, 5) is 33.4. The number of H-pyrrole nitrogens is 1. The van der Waals surface area contributed by atoms with E-state index in [1.165, 1.54) is 0 Å². The number of carbonyl (C=O) groups is 2. The van der Waals surface area contributed by atoms with Gasteiger partial charge in [-0.2, -0.15) is 0 Å². The Morgan fingerprint density at radius 1 is 1.00 bits per heavy atom. The van der Waals surface area contributed by atoms with Gasteiger partial charge >= 0.3 is 0 Å². The van der Waals surface area contributed by atoms with Crippen molar-refractivity contribution in [3.8, 4) is 0 Å². The molecule has 0 fully saturated rings. The highest BCUT2D eigenvalue weighted by atomic mass is 79.9. The Hall–Kier alpha value is -3.65. The molecule has 0 aliphatic carbocycles. The van der Waals surface area contributed by atoms with Gasteiger partial charge in [0, 0.05) is 27.9 Å². The fourth-order valence-corrected chi connectivity index (χ4v) is 3.99. The highest BCUT2D eigenvalue weighted by Gasteiger charge is 2.25.